The molecule has 3 aliphatic rings. The molecule has 1 unspecified atom stereocenters. The second kappa shape index (κ2) is 8.95. The van der Waals surface area contributed by atoms with Gasteiger partial charge in [0.15, 0.2) is 0 Å². The number of halogens is 1. The Kier molecular flexibility index (Phi) is 5.77. The number of amides is 2. The Bertz CT molecular complexity index is 1320. The lowest BCUT2D eigenvalue weighted by atomic mass is 9.85. The highest BCUT2D eigenvalue weighted by molar-refractivity contribution is 6.31. The number of carbonyl (C=O) groups excluding carboxylic acids is 2. The Labute approximate surface area is 209 Å². The van der Waals surface area contributed by atoms with E-state index in [1.165, 1.54) is 6.42 Å². The summed E-state index contributed by atoms with van der Waals surface area (Å²) in [5.41, 5.74) is 4.94. The third kappa shape index (κ3) is 4.00. The van der Waals surface area contributed by atoms with Crippen molar-refractivity contribution in [2.75, 3.05) is 18.5 Å². The number of fused-ring (bicyclic) bond motifs is 2. The summed E-state index contributed by atoms with van der Waals surface area (Å²) in [5, 5.41) is 3.82. The van der Waals surface area contributed by atoms with Crippen LogP contribution in [0.25, 0.3) is 11.0 Å². The maximum Gasteiger partial charge on any atom is 0.254 e. The molecule has 1 atom stereocenters. The molecule has 3 aromatic rings. The van der Waals surface area contributed by atoms with Crippen molar-refractivity contribution in [3.63, 3.8) is 0 Å². The molecule has 1 saturated heterocycles. The fraction of sp³-hybridized carbons (Fsp3) is 0.444. The van der Waals surface area contributed by atoms with Gasteiger partial charge < -0.3 is 19.5 Å². The maximum absolute atomic E-state index is 13.6. The van der Waals surface area contributed by atoms with Gasteiger partial charge in [-0.3, -0.25) is 9.59 Å². The SMILES string of the molecule is Cn1c(C2CCC2)nc2cc(C(=O)N3CCc4c(Cl)cccc4C3)cc(NC(=O)C3CCCO3)c21. The number of hydrogen-bond donors (Lipinski definition) is 1. The largest absolute Gasteiger partial charge is 0.368 e. The zero-order chi connectivity index (χ0) is 24.1. The number of nitrogens with one attached hydrogen (secondary N) is 1. The van der Waals surface area contributed by atoms with Crippen LogP contribution in [0.4, 0.5) is 5.69 Å². The van der Waals surface area contributed by atoms with Crippen LogP contribution in [-0.2, 0) is 29.5 Å². The monoisotopic (exact) mass is 492 g/mol. The Morgan fingerprint density at radius 2 is 2.03 bits per heavy atom. The molecule has 0 radical (unpaired) electrons. The molecule has 8 heteroatoms. The fourth-order valence-corrected chi connectivity index (χ4v) is 5.83. The second-order valence-corrected chi connectivity index (χ2v) is 10.3. The number of carbonyl (C=O) groups is 2. The fourth-order valence-electron chi connectivity index (χ4n) is 5.54. The van der Waals surface area contributed by atoms with E-state index in [9.17, 15) is 9.59 Å². The van der Waals surface area contributed by atoms with Crippen molar-refractivity contribution < 1.29 is 14.3 Å². The summed E-state index contributed by atoms with van der Waals surface area (Å²) in [6.45, 7) is 1.71. The molecule has 3 heterocycles. The summed E-state index contributed by atoms with van der Waals surface area (Å²) in [7, 11) is 2.00. The van der Waals surface area contributed by atoms with Gasteiger partial charge in [0.2, 0.25) is 0 Å². The third-order valence-corrected chi connectivity index (χ3v) is 8.05. The molecule has 7 nitrogen and oxygen atoms in total. The Morgan fingerprint density at radius 3 is 2.77 bits per heavy atom. The topological polar surface area (TPSA) is 76.5 Å². The van der Waals surface area contributed by atoms with Crippen LogP contribution in [0.5, 0.6) is 0 Å². The minimum atomic E-state index is -0.452. The lowest BCUT2D eigenvalue weighted by Crippen LogP contribution is -2.36. The highest BCUT2D eigenvalue weighted by Gasteiger charge is 2.30. The molecule has 0 spiro atoms. The summed E-state index contributed by atoms with van der Waals surface area (Å²) < 4.78 is 7.68. The van der Waals surface area contributed by atoms with Crippen LogP contribution in [0.2, 0.25) is 5.02 Å². The van der Waals surface area contributed by atoms with Crippen LogP contribution < -0.4 is 5.32 Å². The van der Waals surface area contributed by atoms with Crippen molar-refractivity contribution in [3.05, 3.63) is 57.9 Å². The Balaban J connectivity index is 1.36. The molecule has 2 aromatic carbocycles. The van der Waals surface area contributed by atoms with Gasteiger partial charge >= 0.3 is 0 Å². The maximum atomic E-state index is 13.6. The van der Waals surface area contributed by atoms with E-state index in [1.807, 2.05) is 36.2 Å². The third-order valence-electron chi connectivity index (χ3n) is 7.70. The average Bonchev–Trinajstić information content (AvgIpc) is 3.47. The van der Waals surface area contributed by atoms with E-state index in [2.05, 4.69) is 9.88 Å². The van der Waals surface area contributed by atoms with Gasteiger partial charge in [-0.15, -0.1) is 0 Å². The predicted octanol–water partition coefficient (Wildman–Crippen LogP) is 4.81. The van der Waals surface area contributed by atoms with E-state index in [4.69, 9.17) is 21.3 Å². The number of aromatic nitrogens is 2. The molecule has 2 fully saturated rings. The molecular formula is C27H29ClN4O3. The number of benzene rings is 2. The summed E-state index contributed by atoms with van der Waals surface area (Å²) in [6, 6.07) is 9.53. The number of ether oxygens (including phenoxy) is 1. The molecule has 0 bridgehead atoms. The van der Waals surface area contributed by atoms with E-state index in [-0.39, 0.29) is 11.8 Å². The highest BCUT2D eigenvalue weighted by Crippen LogP contribution is 2.38. The van der Waals surface area contributed by atoms with Gasteiger partial charge in [-0.2, -0.15) is 0 Å². The predicted molar refractivity (Wildman–Crippen MR) is 135 cm³/mol. The second-order valence-electron chi connectivity index (χ2n) is 9.89. The van der Waals surface area contributed by atoms with Gasteiger partial charge in [0.1, 0.15) is 11.9 Å². The van der Waals surface area contributed by atoms with Gasteiger partial charge in [-0.05, 0) is 61.4 Å². The molecule has 1 N–H and O–H groups in total. The first kappa shape index (κ1) is 22.6. The smallest absolute Gasteiger partial charge is 0.254 e. The Hall–Kier alpha value is -2.90. The van der Waals surface area contributed by atoms with Crippen LogP contribution in [0.3, 0.4) is 0 Å². The number of nitrogens with zero attached hydrogens (tertiary/aromatic N) is 3. The standard InChI is InChI=1S/C27H29ClN4O3/c1-31-24-21(29-25(31)16-5-2-6-16)13-18(14-22(24)30-26(33)23-9-4-12-35-23)27(34)32-11-10-19-17(15-32)7-3-8-20(19)28/h3,7-8,13-14,16,23H,2,4-6,9-12,15H2,1H3,(H,30,33). The molecule has 182 valence electrons. The summed E-state index contributed by atoms with van der Waals surface area (Å²) in [6.07, 6.45) is 5.31. The van der Waals surface area contributed by atoms with Gasteiger partial charge in [0, 0.05) is 43.2 Å². The molecule has 1 aliphatic carbocycles. The van der Waals surface area contributed by atoms with Crippen LogP contribution in [0, 0.1) is 0 Å². The minimum Gasteiger partial charge on any atom is -0.368 e. The van der Waals surface area contributed by atoms with Gasteiger partial charge in [-0.1, -0.05) is 30.2 Å². The van der Waals surface area contributed by atoms with Crippen LogP contribution in [0.1, 0.15) is 65.3 Å². The molecule has 35 heavy (non-hydrogen) atoms. The number of hydrogen-bond acceptors (Lipinski definition) is 4. The highest BCUT2D eigenvalue weighted by atomic mass is 35.5. The quantitative estimate of drug-likeness (QED) is 0.567. The number of anilines is 1. The minimum absolute atomic E-state index is 0.0685. The zero-order valence-electron chi connectivity index (χ0n) is 19.8. The molecule has 1 saturated carbocycles. The zero-order valence-corrected chi connectivity index (χ0v) is 20.6. The summed E-state index contributed by atoms with van der Waals surface area (Å²) >= 11 is 6.37. The van der Waals surface area contributed by atoms with Gasteiger partial charge in [0.05, 0.1) is 16.7 Å². The van der Waals surface area contributed by atoms with E-state index in [0.717, 1.165) is 58.7 Å². The number of rotatable bonds is 4. The summed E-state index contributed by atoms with van der Waals surface area (Å²) in [5.74, 6) is 1.21. The van der Waals surface area contributed by atoms with Crippen LogP contribution >= 0.6 is 11.6 Å². The van der Waals surface area contributed by atoms with Crippen molar-refractivity contribution >= 4 is 40.1 Å². The normalized spacial score (nSPS) is 20.1. The van der Waals surface area contributed by atoms with E-state index in [1.54, 1.807) is 6.07 Å². The molecule has 1 aromatic heterocycles. The lowest BCUT2D eigenvalue weighted by molar-refractivity contribution is -0.124. The number of imidazole rings is 1. The van der Waals surface area contributed by atoms with Crippen molar-refractivity contribution in [1.29, 1.82) is 0 Å². The van der Waals surface area contributed by atoms with Crippen molar-refractivity contribution in [2.24, 2.45) is 7.05 Å². The van der Waals surface area contributed by atoms with Crippen molar-refractivity contribution in [3.8, 4) is 0 Å². The van der Waals surface area contributed by atoms with Crippen LogP contribution in [0.15, 0.2) is 30.3 Å². The molecule has 2 aliphatic heterocycles. The molecule has 2 amide bonds. The first-order chi connectivity index (χ1) is 17.0. The van der Waals surface area contributed by atoms with Gasteiger partial charge in [0.25, 0.3) is 11.8 Å². The number of aryl methyl sites for hydroxylation is 1. The van der Waals surface area contributed by atoms with E-state index in [0.29, 0.717) is 43.3 Å². The Morgan fingerprint density at radius 1 is 1.17 bits per heavy atom. The first-order valence-corrected chi connectivity index (χ1v) is 12.9. The first-order valence-electron chi connectivity index (χ1n) is 12.5. The van der Waals surface area contributed by atoms with Crippen molar-refractivity contribution in [1.82, 2.24) is 14.5 Å². The average molecular weight is 493 g/mol. The van der Waals surface area contributed by atoms with E-state index < -0.39 is 6.10 Å². The molecule has 6 rings (SSSR count). The lowest BCUT2D eigenvalue weighted by Gasteiger charge is -2.29. The molecular weight excluding hydrogens is 464 g/mol. The van der Waals surface area contributed by atoms with Crippen LogP contribution in [-0.4, -0.2) is 45.5 Å². The summed E-state index contributed by atoms with van der Waals surface area (Å²) in [4.78, 5) is 33.4. The van der Waals surface area contributed by atoms with Gasteiger partial charge in [-0.25, -0.2) is 4.98 Å². The van der Waals surface area contributed by atoms with Crippen molar-refractivity contribution in [2.45, 2.75) is 57.1 Å². The van der Waals surface area contributed by atoms with E-state index >= 15 is 0 Å².